The lowest BCUT2D eigenvalue weighted by Crippen LogP contribution is -2.04. The van der Waals surface area contributed by atoms with E-state index in [0.717, 1.165) is 18.4 Å². The summed E-state index contributed by atoms with van der Waals surface area (Å²) in [7, 11) is 0. The van der Waals surface area contributed by atoms with Gasteiger partial charge in [-0.25, -0.2) is 0 Å². The summed E-state index contributed by atoms with van der Waals surface area (Å²) in [5.41, 5.74) is 6.44. The maximum absolute atomic E-state index is 6.04. The van der Waals surface area contributed by atoms with Crippen LogP contribution in [0.2, 0.25) is 10.0 Å². The van der Waals surface area contributed by atoms with Crippen molar-refractivity contribution >= 4 is 23.2 Å². The zero-order valence-electron chi connectivity index (χ0n) is 9.01. The molecule has 0 radical (unpaired) electrons. The molecule has 0 saturated carbocycles. The van der Waals surface area contributed by atoms with Crippen molar-refractivity contribution in [3.63, 3.8) is 0 Å². The van der Waals surface area contributed by atoms with Gasteiger partial charge in [0.1, 0.15) is 5.75 Å². The first-order valence-electron chi connectivity index (χ1n) is 5.10. The van der Waals surface area contributed by atoms with Crippen LogP contribution in [0.15, 0.2) is 24.8 Å². The number of rotatable bonds is 6. The Hall–Kier alpha value is -0.700. The molecule has 16 heavy (non-hydrogen) atoms. The Morgan fingerprint density at radius 2 is 2.12 bits per heavy atom. The maximum atomic E-state index is 6.04. The Morgan fingerprint density at radius 1 is 1.38 bits per heavy atom. The SMILES string of the molecule is C=CCCCOc1c(Cl)cc(Cl)cc1CN. The van der Waals surface area contributed by atoms with Gasteiger partial charge >= 0.3 is 0 Å². The Bertz CT molecular complexity index is 366. The van der Waals surface area contributed by atoms with E-state index < -0.39 is 0 Å². The minimum atomic E-state index is 0.358. The van der Waals surface area contributed by atoms with E-state index >= 15 is 0 Å². The highest BCUT2D eigenvalue weighted by Gasteiger charge is 2.09. The van der Waals surface area contributed by atoms with Gasteiger partial charge in [-0.3, -0.25) is 0 Å². The van der Waals surface area contributed by atoms with E-state index in [1.165, 1.54) is 0 Å². The quantitative estimate of drug-likeness (QED) is 0.623. The molecule has 0 amide bonds. The molecule has 2 nitrogen and oxygen atoms in total. The van der Waals surface area contributed by atoms with Crippen LogP contribution in [0.25, 0.3) is 0 Å². The molecule has 0 saturated heterocycles. The van der Waals surface area contributed by atoms with Gasteiger partial charge in [0.15, 0.2) is 0 Å². The molecule has 0 fully saturated rings. The number of benzene rings is 1. The summed E-state index contributed by atoms with van der Waals surface area (Å²) in [5, 5.41) is 1.08. The molecule has 0 heterocycles. The average molecular weight is 260 g/mol. The van der Waals surface area contributed by atoms with Gasteiger partial charge in [-0.2, -0.15) is 0 Å². The van der Waals surface area contributed by atoms with Crippen LogP contribution >= 0.6 is 23.2 Å². The van der Waals surface area contributed by atoms with Crippen LogP contribution in [-0.4, -0.2) is 6.61 Å². The molecule has 4 heteroatoms. The molecule has 0 spiro atoms. The number of hydrogen-bond donors (Lipinski definition) is 1. The van der Waals surface area contributed by atoms with Crippen LogP contribution in [0.5, 0.6) is 5.75 Å². The molecular weight excluding hydrogens is 245 g/mol. The number of ether oxygens (including phenoxy) is 1. The third kappa shape index (κ3) is 3.71. The normalized spacial score (nSPS) is 10.2. The Morgan fingerprint density at radius 3 is 2.75 bits per heavy atom. The van der Waals surface area contributed by atoms with E-state index in [2.05, 4.69) is 6.58 Å². The number of unbranched alkanes of at least 4 members (excludes halogenated alkanes) is 1. The summed E-state index contributed by atoms with van der Waals surface area (Å²) in [6.45, 7) is 4.60. The molecule has 0 aliphatic heterocycles. The van der Waals surface area contributed by atoms with Crippen LogP contribution in [0.3, 0.4) is 0 Å². The van der Waals surface area contributed by atoms with E-state index in [4.69, 9.17) is 33.7 Å². The lowest BCUT2D eigenvalue weighted by atomic mass is 10.2. The van der Waals surface area contributed by atoms with Crippen molar-refractivity contribution in [2.24, 2.45) is 5.73 Å². The predicted molar refractivity (Wildman–Crippen MR) is 69.3 cm³/mol. The molecule has 1 aromatic rings. The van der Waals surface area contributed by atoms with Crippen molar-refractivity contribution in [2.75, 3.05) is 6.61 Å². The van der Waals surface area contributed by atoms with Crippen LogP contribution < -0.4 is 10.5 Å². The lowest BCUT2D eigenvalue weighted by molar-refractivity contribution is 0.309. The fourth-order valence-corrected chi connectivity index (χ4v) is 1.92. The minimum absolute atomic E-state index is 0.358. The van der Waals surface area contributed by atoms with E-state index in [0.29, 0.717) is 28.9 Å². The smallest absolute Gasteiger partial charge is 0.142 e. The largest absolute Gasteiger partial charge is 0.492 e. The summed E-state index contributed by atoms with van der Waals surface area (Å²) < 4.78 is 5.60. The van der Waals surface area contributed by atoms with Crippen molar-refractivity contribution in [3.05, 3.63) is 40.4 Å². The second-order valence-corrected chi connectivity index (χ2v) is 4.20. The lowest BCUT2D eigenvalue weighted by Gasteiger charge is -2.12. The first-order valence-corrected chi connectivity index (χ1v) is 5.86. The van der Waals surface area contributed by atoms with Gasteiger partial charge < -0.3 is 10.5 Å². The van der Waals surface area contributed by atoms with Gasteiger partial charge in [-0.05, 0) is 25.0 Å². The molecule has 2 N–H and O–H groups in total. The Balaban J connectivity index is 2.73. The van der Waals surface area contributed by atoms with E-state index in [9.17, 15) is 0 Å². The summed E-state index contributed by atoms with van der Waals surface area (Å²) in [6.07, 6.45) is 3.69. The van der Waals surface area contributed by atoms with Gasteiger partial charge in [-0.1, -0.05) is 29.3 Å². The Kier molecular flexibility index (Phi) is 5.67. The standard InChI is InChI=1S/C12H15Cl2NO/c1-2-3-4-5-16-12-9(8-15)6-10(13)7-11(12)14/h2,6-7H,1,3-5,8,15H2. The third-order valence-corrected chi connectivity index (χ3v) is 2.60. The molecule has 0 unspecified atom stereocenters. The van der Waals surface area contributed by atoms with E-state index in [1.54, 1.807) is 12.1 Å². The summed E-state index contributed by atoms with van der Waals surface area (Å²) >= 11 is 11.9. The first kappa shape index (κ1) is 13.4. The highest BCUT2D eigenvalue weighted by molar-refractivity contribution is 6.35. The number of halogens is 2. The van der Waals surface area contributed by atoms with E-state index in [1.807, 2.05) is 6.08 Å². The fraction of sp³-hybridized carbons (Fsp3) is 0.333. The molecule has 1 aromatic carbocycles. The number of nitrogens with two attached hydrogens (primary N) is 1. The second-order valence-electron chi connectivity index (χ2n) is 3.36. The van der Waals surface area contributed by atoms with Crippen molar-refractivity contribution < 1.29 is 4.74 Å². The zero-order valence-corrected chi connectivity index (χ0v) is 10.5. The van der Waals surface area contributed by atoms with Gasteiger partial charge in [0.05, 0.1) is 11.6 Å². The second kappa shape index (κ2) is 6.79. The van der Waals surface area contributed by atoms with Crippen molar-refractivity contribution in [2.45, 2.75) is 19.4 Å². The van der Waals surface area contributed by atoms with Crippen LogP contribution in [0, 0.1) is 0 Å². The fourth-order valence-electron chi connectivity index (χ4n) is 1.33. The molecule has 0 atom stereocenters. The van der Waals surface area contributed by atoms with Crippen LogP contribution in [-0.2, 0) is 6.54 Å². The van der Waals surface area contributed by atoms with Gasteiger partial charge in [-0.15, -0.1) is 6.58 Å². The highest BCUT2D eigenvalue weighted by atomic mass is 35.5. The number of hydrogen-bond acceptors (Lipinski definition) is 2. The molecule has 0 aliphatic carbocycles. The molecule has 0 aliphatic rings. The zero-order chi connectivity index (χ0) is 12.0. The topological polar surface area (TPSA) is 35.2 Å². The molecule has 88 valence electrons. The molecule has 0 aromatic heterocycles. The van der Waals surface area contributed by atoms with E-state index in [-0.39, 0.29) is 0 Å². The molecular formula is C12H15Cl2NO. The van der Waals surface area contributed by atoms with Gasteiger partial charge in [0.2, 0.25) is 0 Å². The van der Waals surface area contributed by atoms with Gasteiger partial charge in [0.25, 0.3) is 0 Å². The summed E-state index contributed by atoms with van der Waals surface area (Å²) in [5.74, 6) is 0.637. The average Bonchev–Trinajstić information content (AvgIpc) is 2.26. The van der Waals surface area contributed by atoms with Crippen LogP contribution in [0.4, 0.5) is 0 Å². The minimum Gasteiger partial charge on any atom is -0.492 e. The van der Waals surface area contributed by atoms with Crippen molar-refractivity contribution in [3.8, 4) is 5.75 Å². The molecule has 0 bridgehead atoms. The Labute approximate surface area is 106 Å². The molecule has 1 rings (SSSR count). The highest BCUT2D eigenvalue weighted by Crippen LogP contribution is 2.32. The summed E-state index contributed by atoms with van der Waals surface area (Å²) in [6, 6.07) is 3.43. The predicted octanol–water partition coefficient (Wildman–Crippen LogP) is 3.80. The van der Waals surface area contributed by atoms with Crippen LogP contribution in [0.1, 0.15) is 18.4 Å². The third-order valence-electron chi connectivity index (χ3n) is 2.10. The van der Waals surface area contributed by atoms with Gasteiger partial charge in [0, 0.05) is 17.1 Å². The van der Waals surface area contributed by atoms with Crippen molar-refractivity contribution in [1.82, 2.24) is 0 Å². The maximum Gasteiger partial charge on any atom is 0.142 e. The first-order chi connectivity index (χ1) is 7.69. The monoisotopic (exact) mass is 259 g/mol. The van der Waals surface area contributed by atoms with Crippen molar-refractivity contribution in [1.29, 1.82) is 0 Å². The number of allylic oxidation sites excluding steroid dienone is 1. The summed E-state index contributed by atoms with van der Waals surface area (Å²) in [4.78, 5) is 0.